The molecule has 0 radical (unpaired) electrons. The third kappa shape index (κ3) is 5.86. The van der Waals surface area contributed by atoms with E-state index in [0.717, 1.165) is 0 Å². The maximum Gasteiger partial charge on any atom is 0.498 e. The predicted molar refractivity (Wildman–Crippen MR) is 125 cm³/mol. The Labute approximate surface area is 218 Å². The molecule has 2 aliphatic rings. The van der Waals surface area contributed by atoms with E-state index in [0.29, 0.717) is 36.3 Å². The summed E-state index contributed by atoms with van der Waals surface area (Å²) in [4.78, 5) is 36.5. The zero-order valence-electron chi connectivity index (χ0n) is 20.5. The van der Waals surface area contributed by atoms with Crippen molar-refractivity contribution in [3.05, 3.63) is 36.4 Å². The van der Waals surface area contributed by atoms with E-state index in [-0.39, 0.29) is 60.8 Å². The Kier molecular flexibility index (Phi) is 6.99. The van der Waals surface area contributed by atoms with E-state index in [2.05, 4.69) is 20.3 Å². The molecule has 3 heterocycles. The number of nitrogens with one attached hydrogen (secondary N) is 1. The fraction of sp³-hybridized carbons (Fsp3) is 0.458. The third-order valence-electron chi connectivity index (χ3n) is 6.73. The van der Waals surface area contributed by atoms with Gasteiger partial charge in [0.1, 0.15) is 0 Å². The standard InChI is InChI=1S/C24H23F5N6O4/c25-23(26)9-7-16(8-10-23)30-21(37)33-11-13-34(14-12-33)22-31-19(32-38-22)18-6-5-15-3-1-2-4-17(15)35(18)39-20(36)24(27,28)29/h1-6,16H,7-14H2/p+1. The van der Waals surface area contributed by atoms with Crippen molar-refractivity contribution in [2.75, 3.05) is 31.1 Å². The summed E-state index contributed by atoms with van der Waals surface area (Å²) in [6.45, 7) is 1.23. The average molecular weight is 555 g/mol. The van der Waals surface area contributed by atoms with Crippen LogP contribution in [0.4, 0.5) is 32.8 Å². The molecule has 39 heavy (non-hydrogen) atoms. The van der Waals surface area contributed by atoms with Crippen LogP contribution < -0.4 is 19.8 Å². The number of nitrogens with zero attached hydrogens (tertiary/aromatic N) is 5. The predicted octanol–water partition coefficient (Wildman–Crippen LogP) is 3.10. The number of amides is 2. The van der Waals surface area contributed by atoms with Crippen molar-refractivity contribution in [1.29, 1.82) is 0 Å². The fourth-order valence-corrected chi connectivity index (χ4v) is 4.58. The molecule has 1 saturated carbocycles. The van der Waals surface area contributed by atoms with Crippen LogP contribution in [0.5, 0.6) is 0 Å². The molecule has 2 fully saturated rings. The fourth-order valence-electron chi connectivity index (χ4n) is 4.58. The van der Waals surface area contributed by atoms with E-state index < -0.39 is 18.1 Å². The number of benzene rings is 1. The van der Waals surface area contributed by atoms with Crippen molar-refractivity contribution in [1.82, 2.24) is 20.4 Å². The summed E-state index contributed by atoms with van der Waals surface area (Å²) >= 11 is 0. The van der Waals surface area contributed by atoms with Crippen LogP contribution in [0.3, 0.4) is 0 Å². The molecule has 1 aliphatic carbocycles. The Bertz CT molecular complexity index is 1360. The van der Waals surface area contributed by atoms with Gasteiger partial charge in [-0.15, -0.1) is 0 Å². The first-order valence-electron chi connectivity index (χ1n) is 12.3. The number of rotatable bonds is 4. The number of pyridine rings is 1. The average Bonchev–Trinajstić information content (AvgIpc) is 3.40. The van der Waals surface area contributed by atoms with E-state index in [1.54, 1.807) is 34.1 Å². The maximum atomic E-state index is 13.4. The summed E-state index contributed by atoms with van der Waals surface area (Å²) in [5.41, 5.74) is 0.137. The lowest BCUT2D eigenvalue weighted by Crippen LogP contribution is -2.54. The lowest BCUT2D eigenvalue weighted by Gasteiger charge is -2.35. The van der Waals surface area contributed by atoms with Crippen molar-refractivity contribution >= 4 is 28.9 Å². The van der Waals surface area contributed by atoms with Crippen LogP contribution >= 0.6 is 0 Å². The number of halogens is 5. The molecule has 10 nitrogen and oxygen atoms in total. The smallest absolute Gasteiger partial charge is 0.335 e. The van der Waals surface area contributed by atoms with E-state index in [4.69, 9.17) is 4.52 Å². The number of alkyl halides is 5. The van der Waals surface area contributed by atoms with Crippen LogP contribution in [0.1, 0.15) is 25.7 Å². The molecule has 1 aromatic carbocycles. The molecular weight excluding hydrogens is 531 g/mol. The van der Waals surface area contributed by atoms with Gasteiger partial charge < -0.3 is 19.6 Å². The van der Waals surface area contributed by atoms with Crippen molar-refractivity contribution in [2.24, 2.45) is 0 Å². The van der Waals surface area contributed by atoms with Crippen LogP contribution in [0, 0.1) is 0 Å². The molecule has 1 saturated heterocycles. The summed E-state index contributed by atoms with van der Waals surface area (Å²) < 4.78 is 71.6. The quantitative estimate of drug-likeness (QED) is 0.390. The highest BCUT2D eigenvalue weighted by molar-refractivity contribution is 5.78. The van der Waals surface area contributed by atoms with Crippen molar-refractivity contribution in [2.45, 2.75) is 43.8 Å². The van der Waals surface area contributed by atoms with Gasteiger partial charge in [0, 0.05) is 61.9 Å². The monoisotopic (exact) mass is 555 g/mol. The molecule has 0 bridgehead atoms. The first-order chi connectivity index (χ1) is 18.5. The SMILES string of the molecule is O=C(NC1CCC(F)(F)CC1)N1CCN(c2nc(-c3ccc4ccccc4[n+]3OC(=O)C(F)(F)F)no2)CC1. The molecule has 2 aromatic heterocycles. The molecule has 0 spiro atoms. The number of urea groups is 1. The normalized spacial score (nSPS) is 18.3. The Balaban J connectivity index is 1.27. The van der Waals surface area contributed by atoms with Gasteiger partial charge in [0.05, 0.1) is 5.39 Å². The van der Waals surface area contributed by atoms with Crippen LogP contribution in [0.15, 0.2) is 40.9 Å². The minimum Gasteiger partial charge on any atom is -0.335 e. The van der Waals surface area contributed by atoms with Gasteiger partial charge in [-0.05, 0) is 30.1 Å². The molecule has 5 rings (SSSR count). The van der Waals surface area contributed by atoms with Crippen molar-refractivity contribution in [3.8, 4) is 11.5 Å². The molecular formula is C24H24F5N6O4+. The van der Waals surface area contributed by atoms with Crippen molar-refractivity contribution < 1.29 is 45.6 Å². The number of hydrogen-bond acceptors (Lipinski definition) is 7. The first kappa shape index (κ1) is 26.6. The number of carbonyl (C=O) groups excluding carboxylic acids is 2. The number of hydrogen-bond donors (Lipinski definition) is 1. The molecule has 3 aromatic rings. The van der Waals surface area contributed by atoms with Gasteiger partial charge in [-0.1, -0.05) is 12.1 Å². The Hall–Kier alpha value is -4.04. The Morgan fingerprint density at radius 3 is 2.44 bits per heavy atom. The second kappa shape index (κ2) is 10.3. The van der Waals surface area contributed by atoms with Gasteiger partial charge in [0.2, 0.25) is 5.92 Å². The third-order valence-corrected chi connectivity index (χ3v) is 6.73. The van der Waals surface area contributed by atoms with Gasteiger partial charge in [0.25, 0.3) is 11.3 Å². The van der Waals surface area contributed by atoms with Crippen LogP contribution in [0.25, 0.3) is 22.4 Å². The van der Waals surface area contributed by atoms with Gasteiger partial charge in [0.15, 0.2) is 0 Å². The minimum absolute atomic E-state index is 0.0441. The van der Waals surface area contributed by atoms with Crippen molar-refractivity contribution in [3.63, 3.8) is 0 Å². The second-order valence-corrected chi connectivity index (χ2v) is 9.40. The van der Waals surface area contributed by atoms with Gasteiger partial charge in [-0.3, -0.25) is 0 Å². The molecule has 1 N–H and O–H groups in total. The number of piperazine rings is 1. The zero-order chi connectivity index (χ0) is 27.8. The maximum absolute atomic E-state index is 13.4. The molecule has 1 aliphatic heterocycles. The molecule has 0 atom stereocenters. The van der Waals surface area contributed by atoms with E-state index in [9.17, 15) is 31.5 Å². The highest BCUT2D eigenvalue weighted by Crippen LogP contribution is 2.33. The largest absolute Gasteiger partial charge is 0.498 e. The van der Waals surface area contributed by atoms with E-state index in [1.807, 2.05) is 0 Å². The highest BCUT2D eigenvalue weighted by atomic mass is 19.4. The number of para-hydroxylation sites is 1. The highest BCUT2D eigenvalue weighted by Gasteiger charge is 2.46. The van der Waals surface area contributed by atoms with Crippen LogP contribution in [0.2, 0.25) is 0 Å². The summed E-state index contributed by atoms with van der Waals surface area (Å²) in [5.74, 6) is -5.20. The van der Waals surface area contributed by atoms with Crippen LogP contribution in [-0.2, 0) is 4.79 Å². The topological polar surface area (TPSA) is 105 Å². The first-order valence-corrected chi connectivity index (χ1v) is 12.3. The Morgan fingerprint density at radius 2 is 1.74 bits per heavy atom. The molecule has 0 unspecified atom stereocenters. The van der Waals surface area contributed by atoms with Gasteiger partial charge in [-0.2, -0.15) is 23.0 Å². The number of aromatic nitrogens is 3. The second-order valence-electron chi connectivity index (χ2n) is 9.40. The molecule has 208 valence electrons. The lowest BCUT2D eigenvalue weighted by atomic mass is 9.92. The summed E-state index contributed by atoms with van der Waals surface area (Å²) in [6.07, 6.45) is -5.29. The number of carbonyl (C=O) groups is 2. The summed E-state index contributed by atoms with van der Waals surface area (Å²) in [7, 11) is 0. The lowest BCUT2D eigenvalue weighted by molar-refractivity contribution is -0.841. The minimum atomic E-state index is -5.22. The summed E-state index contributed by atoms with van der Waals surface area (Å²) in [6, 6.07) is 8.83. The van der Waals surface area contributed by atoms with Gasteiger partial charge >= 0.3 is 29.9 Å². The van der Waals surface area contributed by atoms with E-state index in [1.165, 1.54) is 12.1 Å². The summed E-state index contributed by atoms with van der Waals surface area (Å²) in [5, 5.41) is 7.19. The Morgan fingerprint density at radius 1 is 1.05 bits per heavy atom. The van der Waals surface area contributed by atoms with Gasteiger partial charge in [-0.25, -0.2) is 18.4 Å². The zero-order valence-corrected chi connectivity index (χ0v) is 20.5. The van der Waals surface area contributed by atoms with Crippen LogP contribution in [-0.4, -0.2) is 71.4 Å². The molecule has 2 amide bonds. The number of fused-ring (bicyclic) bond motifs is 1. The van der Waals surface area contributed by atoms with E-state index >= 15 is 0 Å². The molecule has 15 heteroatoms. The number of anilines is 1.